The van der Waals surface area contributed by atoms with Gasteiger partial charge in [0.1, 0.15) is 5.69 Å². The van der Waals surface area contributed by atoms with Crippen molar-refractivity contribution in [1.82, 2.24) is 24.9 Å². The topological polar surface area (TPSA) is 56.9 Å². The highest BCUT2D eigenvalue weighted by Gasteiger charge is 2.26. The van der Waals surface area contributed by atoms with Gasteiger partial charge in [-0.15, -0.1) is 0 Å². The van der Waals surface area contributed by atoms with Gasteiger partial charge in [0.2, 0.25) is 0 Å². The van der Waals surface area contributed by atoms with Crippen molar-refractivity contribution in [2.24, 2.45) is 7.05 Å². The summed E-state index contributed by atoms with van der Waals surface area (Å²) >= 11 is 0. The van der Waals surface area contributed by atoms with Crippen molar-refractivity contribution in [3.05, 3.63) is 29.3 Å². The number of hydrogen-bond donors (Lipinski definition) is 1. The molecular weight excluding hydrogens is 254 g/mol. The molecule has 1 N–H and O–H groups in total. The number of methoxy groups -OCH3 is 1. The third-order valence-corrected chi connectivity index (χ3v) is 3.43. The van der Waals surface area contributed by atoms with Gasteiger partial charge in [-0.05, 0) is 27.8 Å². The Balaban J connectivity index is 2.56. The van der Waals surface area contributed by atoms with Crippen molar-refractivity contribution in [3.8, 4) is 5.75 Å². The van der Waals surface area contributed by atoms with Gasteiger partial charge in [-0.3, -0.25) is 9.36 Å². The average Bonchev–Trinajstić information content (AvgIpc) is 2.95. The maximum absolute atomic E-state index is 5.48. The zero-order valence-electron chi connectivity index (χ0n) is 13.0. The van der Waals surface area contributed by atoms with E-state index >= 15 is 0 Å². The highest BCUT2D eigenvalue weighted by molar-refractivity contribution is 5.37. The SMILES string of the molecule is CNC(c1cn(C)nc1C)c1c(OC)cnn1C(C)C. The standard InChI is InChI=1S/C14H23N5O/c1-9(2)19-14(12(20-6)7-16-19)13(15-4)11-8-18(5)17-10(11)3/h7-9,13,15H,1-6H3. The molecule has 1 unspecified atom stereocenters. The minimum Gasteiger partial charge on any atom is -0.493 e. The number of hydrogen-bond acceptors (Lipinski definition) is 4. The summed E-state index contributed by atoms with van der Waals surface area (Å²) in [5, 5.41) is 12.2. The lowest BCUT2D eigenvalue weighted by Crippen LogP contribution is -2.23. The van der Waals surface area contributed by atoms with Gasteiger partial charge in [-0.2, -0.15) is 10.2 Å². The second-order valence-corrected chi connectivity index (χ2v) is 5.20. The van der Waals surface area contributed by atoms with Crippen LogP contribution in [0.2, 0.25) is 0 Å². The van der Waals surface area contributed by atoms with Crippen molar-refractivity contribution >= 4 is 0 Å². The summed E-state index contributed by atoms with van der Waals surface area (Å²) in [5.74, 6) is 0.793. The number of aryl methyl sites for hydroxylation is 2. The van der Waals surface area contributed by atoms with Gasteiger partial charge in [0.05, 0.1) is 25.0 Å². The molecule has 2 aromatic rings. The molecule has 0 bridgehead atoms. The number of nitrogens with one attached hydrogen (secondary N) is 1. The van der Waals surface area contributed by atoms with Gasteiger partial charge >= 0.3 is 0 Å². The van der Waals surface area contributed by atoms with E-state index in [4.69, 9.17) is 4.74 Å². The second kappa shape index (κ2) is 5.66. The Morgan fingerprint density at radius 1 is 1.35 bits per heavy atom. The number of aromatic nitrogens is 4. The number of ether oxygens (including phenoxy) is 1. The van der Waals surface area contributed by atoms with E-state index in [9.17, 15) is 0 Å². The highest BCUT2D eigenvalue weighted by Crippen LogP contribution is 2.32. The van der Waals surface area contributed by atoms with Crippen LogP contribution in [0.3, 0.4) is 0 Å². The summed E-state index contributed by atoms with van der Waals surface area (Å²) in [6, 6.07) is 0.269. The molecule has 1 atom stereocenters. The van der Waals surface area contributed by atoms with Crippen molar-refractivity contribution in [2.45, 2.75) is 32.9 Å². The van der Waals surface area contributed by atoms with E-state index in [1.807, 2.05) is 36.6 Å². The smallest absolute Gasteiger partial charge is 0.161 e. The first-order valence-corrected chi connectivity index (χ1v) is 6.78. The molecule has 6 nitrogen and oxygen atoms in total. The minimum absolute atomic E-state index is 0.00329. The van der Waals surface area contributed by atoms with Crippen molar-refractivity contribution < 1.29 is 4.74 Å². The monoisotopic (exact) mass is 277 g/mol. The molecule has 0 aromatic carbocycles. The van der Waals surface area contributed by atoms with E-state index in [0.717, 1.165) is 22.7 Å². The van der Waals surface area contributed by atoms with Crippen molar-refractivity contribution in [3.63, 3.8) is 0 Å². The molecule has 0 saturated carbocycles. The Morgan fingerprint density at radius 2 is 2.05 bits per heavy atom. The molecule has 20 heavy (non-hydrogen) atoms. The molecule has 0 saturated heterocycles. The normalized spacial score (nSPS) is 12.9. The van der Waals surface area contributed by atoms with Crippen LogP contribution in [0.25, 0.3) is 0 Å². The van der Waals surface area contributed by atoms with Crippen LogP contribution < -0.4 is 10.1 Å². The molecule has 0 amide bonds. The van der Waals surface area contributed by atoms with Crippen LogP contribution in [0.5, 0.6) is 5.75 Å². The Bertz CT molecular complexity index is 584. The summed E-state index contributed by atoms with van der Waals surface area (Å²) in [6.45, 7) is 6.24. The Kier molecular flexibility index (Phi) is 4.13. The van der Waals surface area contributed by atoms with Gasteiger partial charge in [0.15, 0.2) is 5.75 Å². The van der Waals surface area contributed by atoms with Crippen LogP contribution in [-0.4, -0.2) is 33.7 Å². The summed E-state index contributed by atoms with van der Waals surface area (Å²) in [6.07, 6.45) is 3.80. The van der Waals surface area contributed by atoms with E-state index in [2.05, 4.69) is 29.4 Å². The second-order valence-electron chi connectivity index (χ2n) is 5.20. The van der Waals surface area contributed by atoms with E-state index in [1.54, 1.807) is 13.3 Å². The molecular formula is C14H23N5O. The summed E-state index contributed by atoms with van der Waals surface area (Å²) in [7, 11) is 5.54. The number of nitrogens with zero attached hydrogens (tertiary/aromatic N) is 4. The summed E-state index contributed by atoms with van der Waals surface area (Å²) < 4.78 is 9.30. The van der Waals surface area contributed by atoms with E-state index in [-0.39, 0.29) is 12.1 Å². The molecule has 2 heterocycles. The highest BCUT2D eigenvalue weighted by atomic mass is 16.5. The molecule has 0 aliphatic rings. The van der Waals surface area contributed by atoms with Crippen LogP contribution in [0.1, 0.15) is 42.9 Å². The summed E-state index contributed by atoms with van der Waals surface area (Å²) in [5.41, 5.74) is 3.17. The molecule has 0 spiro atoms. The fraction of sp³-hybridized carbons (Fsp3) is 0.571. The lowest BCUT2D eigenvalue weighted by molar-refractivity contribution is 0.396. The van der Waals surface area contributed by atoms with Crippen LogP contribution >= 0.6 is 0 Å². The zero-order chi connectivity index (χ0) is 14.9. The zero-order valence-corrected chi connectivity index (χ0v) is 13.0. The largest absolute Gasteiger partial charge is 0.493 e. The fourth-order valence-electron chi connectivity index (χ4n) is 2.54. The van der Waals surface area contributed by atoms with Crippen LogP contribution in [-0.2, 0) is 7.05 Å². The molecule has 6 heteroatoms. The van der Waals surface area contributed by atoms with Crippen LogP contribution in [0.4, 0.5) is 0 Å². The summed E-state index contributed by atoms with van der Waals surface area (Å²) in [4.78, 5) is 0. The third-order valence-electron chi connectivity index (χ3n) is 3.43. The lowest BCUT2D eigenvalue weighted by atomic mass is 10.0. The van der Waals surface area contributed by atoms with Gasteiger partial charge in [-0.1, -0.05) is 0 Å². The van der Waals surface area contributed by atoms with Gasteiger partial charge in [-0.25, -0.2) is 0 Å². The van der Waals surface area contributed by atoms with Crippen molar-refractivity contribution in [1.29, 1.82) is 0 Å². The van der Waals surface area contributed by atoms with E-state index < -0.39 is 0 Å². The first kappa shape index (κ1) is 14.6. The first-order valence-electron chi connectivity index (χ1n) is 6.78. The molecule has 2 aromatic heterocycles. The van der Waals surface area contributed by atoms with E-state index in [0.29, 0.717) is 0 Å². The Labute approximate surface area is 119 Å². The molecule has 2 rings (SSSR count). The maximum atomic E-state index is 5.48. The quantitative estimate of drug-likeness (QED) is 0.906. The maximum Gasteiger partial charge on any atom is 0.161 e. The minimum atomic E-state index is 0.00329. The molecule has 0 aliphatic carbocycles. The van der Waals surface area contributed by atoms with Gasteiger partial charge in [0.25, 0.3) is 0 Å². The van der Waals surface area contributed by atoms with Crippen LogP contribution in [0.15, 0.2) is 12.4 Å². The fourth-order valence-corrected chi connectivity index (χ4v) is 2.54. The van der Waals surface area contributed by atoms with Crippen molar-refractivity contribution in [2.75, 3.05) is 14.2 Å². The predicted molar refractivity (Wildman–Crippen MR) is 78.0 cm³/mol. The molecule has 0 fully saturated rings. The molecule has 0 radical (unpaired) electrons. The first-order chi connectivity index (χ1) is 9.49. The lowest BCUT2D eigenvalue weighted by Gasteiger charge is -2.20. The Hall–Kier alpha value is -1.82. The van der Waals surface area contributed by atoms with E-state index in [1.165, 1.54) is 0 Å². The van der Waals surface area contributed by atoms with Crippen LogP contribution in [0, 0.1) is 6.92 Å². The average molecular weight is 277 g/mol. The predicted octanol–water partition coefficient (Wildman–Crippen LogP) is 1.82. The molecule has 0 aliphatic heterocycles. The Morgan fingerprint density at radius 3 is 2.50 bits per heavy atom. The third kappa shape index (κ3) is 2.43. The van der Waals surface area contributed by atoms with Gasteiger partial charge in [0, 0.05) is 24.8 Å². The van der Waals surface area contributed by atoms with Gasteiger partial charge < -0.3 is 10.1 Å². The number of rotatable bonds is 5. The molecule has 110 valence electrons.